The maximum Gasteiger partial charge on any atom is 0.193 e. The highest BCUT2D eigenvalue weighted by Crippen LogP contribution is 2.42. The van der Waals surface area contributed by atoms with Crippen LogP contribution in [0.3, 0.4) is 0 Å². The highest BCUT2D eigenvalue weighted by atomic mass is 79.9. The van der Waals surface area contributed by atoms with Crippen molar-refractivity contribution >= 4 is 37.6 Å². The maximum atomic E-state index is 12.2. The number of hydrogen-bond donors (Lipinski definition) is 1. The van der Waals surface area contributed by atoms with Gasteiger partial charge in [0.2, 0.25) is 0 Å². The number of alkyl halides is 2. The second-order valence-electron chi connectivity index (χ2n) is 3.90. The summed E-state index contributed by atoms with van der Waals surface area (Å²) in [6.07, 6.45) is 0.460. The molecule has 2 nitrogen and oxygen atoms in total. The molecule has 1 atom stereocenters. The topological polar surface area (TPSA) is 37.3 Å². The molecular formula is C12H14Br2O2. The van der Waals surface area contributed by atoms with Gasteiger partial charge < -0.3 is 5.11 Å². The van der Waals surface area contributed by atoms with Crippen LogP contribution in [0.4, 0.5) is 0 Å². The molecule has 0 aliphatic heterocycles. The van der Waals surface area contributed by atoms with E-state index >= 15 is 0 Å². The normalized spacial score (nSPS) is 15.6. The van der Waals surface area contributed by atoms with Gasteiger partial charge in [0.1, 0.15) is 0 Å². The van der Waals surface area contributed by atoms with Crippen LogP contribution in [-0.2, 0) is 0 Å². The molecule has 0 saturated carbocycles. The van der Waals surface area contributed by atoms with Crippen LogP contribution in [0.5, 0.6) is 0 Å². The van der Waals surface area contributed by atoms with E-state index < -0.39 is 8.83 Å². The van der Waals surface area contributed by atoms with Crippen molar-refractivity contribution in [1.29, 1.82) is 0 Å². The molecule has 1 N–H and O–H groups in total. The van der Waals surface area contributed by atoms with Gasteiger partial charge in [0.25, 0.3) is 0 Å². The van der Waals surface area contributed by atoms with Crippen molar-refractivity contribution in [2.24, 2.45) is 0 Å². The fourth-order valence-corrected chi connectivity index (χ4v) is 2.26. The van der Waals surface area contributed by atoms with Gasteiger partial charge in [-0.25, -0.2) is 0 Å². The summed E-state index contributed by atoms with van der Waals surface area (Å²) in [5.74, 6) is -0.181. The van der Waals surface area contributed by atoms with Crippen LogP contribution in [0.15, 0.2) is 30.3 Å². The van der Waals surface area contributed by atoms with E-state index in [4.69, 9.17) is 0 Å². The Morgan fingerprint density at radius 2 is 1.81 bits per heavy atom. The maximum absolute atomic E-state index is 12.2. The summed E-state index contributed by atoms with van der Waals surface area (Å²) in [5, 5.41) is 10.2. The molecule has 0 aromatic heterocycles. The number of hydrogen-bond acceptors (Lipinski definition) is 2. The highest BCUT2D eigenvalue weighted by Gasteiger charge is 2.48. The Balaban J connectivity index is 3.07. The lowest BCUT2D eigenvalue weighted by atomic mass is 9.93. The van der Waals surface area contributed by atoms with Gasteiger partial charge in [0, 0.05) is 5.56 Å². The van der Waals surface area contributed by atoms with Crippen LogP contribution in [0.1, 0.15) is 30.6 Å². The molecule has 88 valence electrons. The van der Waals surface area contributed by atoms with Gasteiger partial charge >= 0.3 is 0 Å². The Labute approximate surface area is 112 Å². The van der Waals surface area contributed by atoms with E-state index in [1.807, 2.05) is 13.0 Å². The van der Waals surface area contributed by atoms with Crippen LogP contribution in [-0.4, -0.2) is 19.7 Å². The summed E-state index contributed by atoms with van der Waals surface area (Å²) in [7, 11) is 0. The quantitative estimate of drug-likeness (QED) is 0.667. The smallest absolute Gasteiger partial charge is 0.193 e. The van der Waals surface area contributed by atoms with E-state index in [0.29, 0.717) is 12.0 Å². The highest BCUT2D eigenvalue weighted by molar-refractivity contribution is 9.26. The van der Waals surface area contributed by atoms with Crippen LogP contribution < -0.4 is 0 Å². The van der Waals surface area contributed by atoms with Gasteiger partial charge in [-0.3, -0.25) is 4.79 Å². The first-order valence-electron chi connectivity index (χ1n) is 5.03. The zero-order valence-corrected chi connectivity index (χ0v) is 12.4. The van der Waals surface area contributed by atoms with Crippen molar-refractivity contribution in [1.82, 2.24) is 0 Å². The molecule has 0 bridgehead atoms. The number of rotatable bonds is 4. The van der Waals surface area contributed by atoms with Crippen LogP contribution in [0.2, 0.25) is 0 Å². The van der Waals surface area contributed by atoms with E-state index in [0.717, 1.165) is 0 Å². The molecule has 0 spiro atoms. The molecule has 0 fully saturated rings. The predicted molar refractivity (Wildman–Crippen MR) is 72.3 cm³/mol. The SMILES string of the molecule is CCC(C)(O)C(Br)(Br)C(=O)c1ccccc1. The third-order valence-electron chi connectivity index (χ3n) is 2.69. The third-order valence-corrected chi connectivity index (χ3v) is 5.11. The molecule has 1 rings (SSSR count). The molecule has 1 aromatic rings. The fraction of sp³-hybridized carbons (Fsp3) is 0.417. The van der Waals surface area contributed by atoms with Crippen molar-refractivity contribution < 1.29 is 9.90 Å². The van der Waals surface area contributed by atoms with Crippen molar-refractivity contribution in [2.45, 2.75) is 29.1 Å². The van der Waals surface area contributed by atoms with E-state index in [2.05, 4.69) is 31.9 Å². The van der Waals surface area contributed by atoms with E-state index in [-0.39, 0.29) is 5.78 Å². The minimum Gasteiger partial charge on any atom is -0.387 e. The minimum absolute atomic E-state index is 0.181. The number of ketones is 1. The van der Waals surface area contributed by atoms with Crippen molar-refractivity contribution in [3.8, 4) is 0 Å². The summed E-state index contributed by atoms with van der Waals surface area (Å²) < 4.78 is -1.15. The summed E-state index contributed by atoms with van der Waals surface area (Å²) in [4.78, 5) is 12.2. The van der Waals surface area contributed by atoms with Gasteiger partial charge in [-0.05, 0) is 13.3 Å². The molecule has 0 saturated heterocycles. The Bertz CT molecular complexity index is 372. The van der Waals surface area contributed by atoms with E-state index in [1.165, 1.54) is 0 Å². The van der Waals surface area contributed by atoms with Crippen molar-refractivity contribution in [2.75, 3.05) is 0 Å². The summed E-state index contributed by atoms with van der Waals surface area (Å²) in [6, 6.07) is 8.89. The van der Waals surface area contributed by atoms with Gasteiger partial charge in [0.15, 0.2) is 9.02 Å². The summed E-state index contributed by atoms with van der Waals surface area (Å²) in [5.41, 5.74) is -0.593. The Hall–Kier alpha value is -0.190. The number of halogens is 2. The fourth-order valence-electron chi connectivity index (χ4n) is 1.24. The molecular weight excluding hydrogens is 336 g/mol. The van der Waals surface area contributed by atoms with Crippen LogP contribution in [0, 0.1) is 0 Å². The molecule has 16 heavy (non-hydrogen) atoms. The second kappa shape index (κ2) is 4.98. The van der Waals surface area contributed by atoms with Crippen LogP contribution in [0.25, 0.3) is 0 Å². The summed E-state index contributed by atoms with van der Waals surface area (Å²) in [6.45, 7) is 3.45. The number of aliphatic hydroxyl groups is 1. The molecule has 0 amide bonds. The van der Waals surface area contributed by atoms with Crippen molar-refractivity contribution in [3.05, 3.63) is 35.9 Å². The van der Waals surface area contributed by atoms with Gasteiger partial charge in [-0.1, -0.05) is 69.1 Å². The first-order chi connectivity index (χ1) is 7.33. The van der Waals surface area contributed by atoms with Crippen LogP contribution >= 0.6 is 31.9 Å². The van der Waals surface area contributed by atoms with Gasteiger partial charge in [0.05, 0.1) is 5.60 Å². The first-order valence-corrected chi connectivity index (χ1v) is 6.61. The monoisotopic (exact) mass is 348 g/mol. The molecule has 0 aliphatic carbocycles. The largest absolute Gasteiger partial charge is 0.387 e. The van der Waals surface area contributed by atoms with Gasteiger partial charge in [-0.15, -0.1) is 0 Å². The Kier molecular flexibility index (Phi) is 4.32. The molecule has 4 heteroatoms. The Morgan fingerprint density at radius 1 is 1.31 bits per heavy atom. The molecule has 1 aromatic carbocycles. The zero-order chi connectivity index (χ0) is 12.4. The standard InChI is InChI=1S/C12H14Br2O2/c1-3-11(2,16)12(13,14)10(15)9-7-5-4-6-8-9/h4-8,16H,3H2,1-2H3. The number of carbonyl (C=O) groups is 1. The van der Waals surface area contributed by atoms with Crippen molar-refractivity contribution in [3.63, 3.8) is 0 Å². The predicted octanol–water partition coefficient (Wildman–Crippen LogP) is 3.52. The lowest BCUT2D eigenvalue weighted by molar-refractivity contribution is 0.0429. The molecule has 0 heterocycles. The lowest BCUT2D eigenvalue weighted by Gasteiger charge is -2.34. The molecule has 0 radical (unpaired) electrons. The number of Topliss-reactive ketones (excluding diaryl/α,β-unsaturated/α-hetero) is 1. The second-order valence-corrected chi connectivity index (χ2v) is 7.34. The Morgan fingerprint density at radius 3 is 2.25 bits per heavy atom. The van der Waals surface area contributed by atoms with E-state index in [1.54, 1.807) is 31.2 Å². The lowest BCUT2D eigenvalue weighted by Crippen LogP contribution is -2.48. The minimum atomic E-state index is -1.15. The molecule has 1 unspecified atom stereocenters. The van der Waals surface area contributed by atoms with E-state index in [9.17, 15) is 9.90 Å². The summed E-state index contributed by atoms with van der Waals surface area (Å²) >= 11 is 6.57. The first kappa shape index (κ1) is 13.9. The van der Waals surface area contributed by atoms with Gasteiger partial charge in [-0.2, -0.15) is 0 Å². The number of carbonyl (C=O) groups excluding carboxylic acids is 1. The number of benzene rings is 1. The molecule has 0 aliphatic rings. The zero-order valence-electron chi connectivity index (χ0n) is 9.21. The average molecular weight is 350 g/mol. The third kappa shape index (κ3) is 2.55. The average Bonchev–Trinajstić information content (AvgIpc) is 2.29.